The van der Waals surface area contributed by atoms with Crippen LogP contribution in [0.2, 0.25) is 0 Å². The fourth-order valence-corrected chi connectivity index (χ4v) is 2.65. The van der Waals surface area contributed by atoms with E-state index in [2.05, 4.69) is 15.1 Å². The second kappa shape index (κ2) is 6.55. The Morgan fingerprint density at radius 1 is 1.35 bits per heavy atom. The number of rotatable bonds is 5. The minimum atomic E-state index is -0.950. The summed E-state index contributed by atoms with van der Waals surface area (Å²) in [7, 11) is 0. The number of aryl methyl sites for hydroxylation is 1. The van der Waals surface area contributed by atoms with E-state index in [9.17, 15) is 9.59 Å². The van der Waals surface area contributed by atoms with E-state index < -0.39 is 12.0 Å². The summed E-state index contributed by atoms with van der Waals surface area (Å²) in [6.07, 6.45) is 4.94. The fraction of sp³-hybridized carbons (Fsp3) is 0.400. The second-order valence-electron chi connectivity index (χ2n) is 5.33. The molecule has 0 bridgehead atoms. The molecular weight excluding hydrogens is 300 g/mol. The van der Waals surface area contributed by atoms with Crippen LogP contribution in [0.4, 0.5) is 0 Å². The van der Waals surface area contributed by atoms with Crippen molar-refractivity contribution in [1.82, 2.24) is 20.0 Å². The number of amides is 1. The summed E-state index contributed by atoms with van der Waals surface area (Å²) < 4.78 is 5.14. The highest BCUT2D eigenvalue weighted by Gasteiger charge is 2.33. The van der Waals surface area contributed by atoms with Gasteiger partial charge in [0.25, 0.3) is 0 Å². The molecule has 1 atom stereocenters. The Hall–Kier alpha value is -2.77. The van der Waals surface area contributed by atoms with Crippen LogP contribution in [-0.4, -0.2) is 49.6 Å². The highest BCUT2D eigenvalue weighted by molar-refractivity contribution is 5.84. The Balaban J connectivity index is 1.60. The average Bonchev–Trinajstić information content (AvgIpc) is 3.23. The molecule has 8 heteroatoms. The third-order valence-corrected chi connectivity index (χ3v) is 3.82. The van der Waals surface area contributed by atoms with Gasteiger partial charge in [-0.25, -0.2) is 4.79 Å². The molecule has 0 aliphatic carbocycles. The molecule has 0 aromatic carbocycles. The zero-order chi connectivity index (χ0) is 16.2. The lowest BCUT2D eigenvalue weighted by Crippen LogP contribution is -2.40. The van der Waals surface area contributed by atoms with E-state index in [0.29, 0.717) is 31.1 Å². The minimum absolute atomic E-state index is 0.155. The summed E-state index contributed by atoms with van der Waals surface area (Å²) in [5.74, 6) is -0.345. The van der Waals surface area contributed by atoms with Crippen molar-refractivity contribution < 1.29 is 19.2 Å². The smallest absolute Gasteiger partial charge is 0.326 e. The van der Waals surface area contributed by atoms with Crippen LogP contribution in [0.25, 0.3) is 11.4 Å². The van der Waals surface area contributed by atoms with Gasteiger partial charge in [-0.2, -0.15) is 4.98 Å². The number of carboxylic acid groups (broad SMARTS) is 1. The molecule has 3 rings (SSSR count). The van der Waals surface area contributed by atoms with Crippen molar-refractivity contribution in [1.29, 1.82) is 0 Å². The lowest BCUT2D eigenvalue weighted by atomic mass is 10.2. The van der Waals surface area contributed by atoms with Gasteiger partial charge in [0.05, 0.1) is 0 Å². The van der Waals surface area contributed by atoms with Gasteiger partial charge in [0.2, 0.25) is 17.6 Å². The number of carboxylic acids is 1. The maximum atomic E-state index is 12.2. The van der Waals surface area contributed by atoms with Gasteiger partial charge >= 0.3 is 5.97 Å². The Bertz CT molecular complexity index is 701. The van der Waals surface area contributed by atoms with Crippen molar-refractivity contribution in [2.45, 2.75) is 31.7 Å². The molecule has 120 valence electrons. The Morgan fingerprint density at radius 2 is 2.13 bits per heavy atom. The fourth-order valence-electron chi connectivity index (χ4n) is 2.65. The number of pyridine rings is 1. The van der Waals surface area contributed by atoms with Crippen molar-refractivity contribution in [3.8, 4) is 11.4 Å². The summed E-state index contributed by atoms with van der Waals surface area (Å²) in [4.78, 5) is 32.9. The van der Waals surface area contributed by atoms with E-state index in [-0.39, 0.29) is 12.3 Å². The summed E-state index contributed by atoms with van der Waals surface area (Å²) in [6, 6.07) is 2.82. The number of carbonyl (C=O) groups excluding carboxylic acids is 1. The van der Waals surface area contributed by atoms with Crippen molar-refractivity contribution in [3.63, 3.8) is 0 Å². The number of hydrogen-bond acceptors (Lipinski definition) is 6. The van der Waals surface area contributed by atoms with Gasteiger partial charge in [-0.3, -0.25) is 9.78 Å². The van der Waals surface area contributed by atoms with E-state index in [1.54, 1.807) is 24.5 Å². The highest BCUT2D eigenvalue weighted by atomic mass is 16.5. The second-order valence-corrected chi connectivity index (χ2v) is 5.33. The summed E-state index contributed by atoms with van der Waals surface area (Å²) in [5.41, 5.74) is 0.784. The zero-order valence-corrected chi connectivity index (χ0v) is 12.4. The van der Waals surface area contributed by atoms with Gasteiger partial charge in [-0.15, -0.1) is 0 Å². The van der Waals surface area contributed by atoms with E-state index >= 15 is 0 Å². The van der Waals surface area contributed by atoms with E-state index in [4.69, 9.17) is 9.63 Å². The third-order valence-electron chi connectivity index (χ3n) is 3.82. The van der Waals surface area contributed by atoms with Crippen molar-refractivity contribution in [2.24, 2.45) is 0 Å². The van der Waals surface area contributed by atoms with Gasteiger partial charge in [0.1, 0.15) is 6.04 Å². The zero-order valence-electron chi connectivity index (χ0n) is 12.4. The molecule has 2 aromatic heterocycles. The molecule has 23 heavy (non-hydrogen) atoms. The molecule has 0 spiro atoms. The van der Waals surface area contributed by atoms with Crippen molar-refractivity contribution in [3.05, 3.63) is 30.4 Å². The predicted molar refractivity (Wildman–Crippen MR) is 78.2 cm³/mol. The first-order chi connectivity index (χ1) is 11.1. The Labute approximate surface area is 132 Å². The number of aliphatic carboxylic acids is 1. The van der Waals surface area contributed by atoms with Gasteiger partial charge < -0.3 is 14.5 Å². The first kappa shape index (κ1) is 15.1. The number of carbonyl (C=O) groups is 2. The maximum absolute atomic E-state index is 12.2. The first-order valence-electron chi connectivity index (χ1n) is 7.40. The summed E-state index contributed by atoms with van der Waals surface area (Å²) >= 11 is 0. The lowest BCUT2D eigenvalue weighted by molar-refractivity contribution is -0.148. The molecule has 1 aliphatic rings. The highest BCUT2D eigenvalue weighted by Crippen LogP contribution is 2.19. The number of hydrogen-bond donors (Lipinski definition) is 1. The third kappa shape index (κ3) is 3.36. The van der Waals surface area contributed by atoms with E-state index in [1.807, 2.05) is 0 Å². The van der Waals surface area contributed by atoms with Crippen LogP contribution < -0.4 is 0 Å². The molecule has 1 aliphatic heterocycles. The topological polar surface area (TPSA) is 109 Å². The molecule has 0 unspecified atom stereocenters. The number of likely N-dealkylation sites (tertiary alicyclic amines) is 1. The summed E-state index contributed by atoms with van der Waals surface area (Å²) in [5, 5.41) is 13.0. The molecule has 3 heterocycles. The van der Waals surface area contributed by atoms with Gasteiger partial charge in [0, 0.05) is 37.3 Å². The minimum Gasteiger partial charge on any atom is -0.480 e. The molecule has 8 nitrogen and oxygen atoms in total. The molecule has 0 radical (unpaired) electrons. The molecule has 1 fully saturated rings. The van der Waals surface area contributed by atoms with Crippen molar-refractivity contribution in [2.75, 3.05) is 6.54 Å². The SMILES string of the molecule is O=C(O)[C@H]1CCCN1C(=O)CCc1nc(-c2ccncc2)no1. The number of aromatic nitrogens is 3. The van der Waals surface area contributed by atoms with Crippen LogP contribution in [-0.2, 0) is 16.0 Å². The normalized spacial score (nSPS) is 17.4. The summed E-state index contributed by atoms with van der Waals surface area (Å²) in [6.45, 7) is 0.488. The monoisotopic (exact) mass is 316 g/mol. The lowest BCUT2D eigenvalue weighted by Gasteiger charge is -2.20. The van der Waals surface area contributed by atoms with Crippen LogP contribution in [0.1, 0.15) is 25.2 Å². The van der Waals surface area contributed by atoms with Gasteiger partial charge in [-0.1, -0.05) is 5.16 Å². The molecular formula is C15H16N4O4. The van der Waals surface area contributed by atoms with Crippen LogP contribution in [0.3, 0.4) is 0 Å². The standard InChI is InChI=1S/C15H16N4O4/c20-13(19-9-1-2-11(19)15(21)22)4-3-12-17-14(18-23-12)10-5-7-16-8-6-10/h5-8,11H,1-4,9H2,(H,21,22)/t11-/m1/s1. The van der Waals surface area contributed by atoms with E-state index in [0.717, 1.165) is 12.0 Å². The Kier molecular flexibility index (Phi) is 4.31. The van der Waals surface area contributed by atoms with Crippen LogP contribution >= 0.6 is 0 Å². The first-order valence-corrected chi connectivity index (χ1v) is 7.40. The molecule has 1 amide bonds. The Morgan fingerprint density at radius 3 is 2.87 bits per heavy atom. The van der Waals surface area contributed by atoms with Gasteiger partial charge in [-0.05, 0) is 25.0 Å². The molecule has 1 saturated heterocycles. The van der Waals surface area contributed by atoms with E-state index in [1.165, 1.54) is 4.90 Å². The van der Waals surface area contributed by atoms with Crippen molar-refractivity contribution >= 4 is 11.9 Å². The average molecular weight is 316 g/mol. The van der Waals surface area contributed by atoms with Crippen LogP contribution in [0, 0.1) is 0 Å². The molecule has 2 aromatic rings. The molecule has 0 saturated carbocycles. The van der Waals surface area contributed by atoms with Gasteiger partial charge in [0.15, 0.2) is 0 Å². The van der Waals surface area contributed by atoms with Crippen LogP contribution in [0.15, 0.2) is 29.0 Å². The molecule has 1 N–H and O–H groups in total. The largest absolute Gasteiger partial charge is 0.480 e. The number of nitrogens with zero attached hydrogens (tertiary/aromatic N) is 4. The van der Waals surface area contributed by atoms with Crippen LogP contribution in [0.5, 0.6) is 0 Å². The quantitative estimate of drug-likeness (QED) is 0.880. The maximum Gasteiger partial charge on any atom is 0.326 e. The predicted octanol–water partition coefficient (Wildman–Crippen LogP) is 1.14.